The Kier molecular flexibility index (Phi) is 7.34. The molecule has 0 aliphatic carbocycles. The topological polar surface area (TPSA) is 52.6 Å². The number of nitrogens with zero attached hydrogens (tertiary/aromatic N) is 2. The van der Waals surface area contributed by atoms with Crippen LogP contribution in [0.3, 0.4) is 0 Å². The first kappa shape index (κ1) is 20.4. The summed E-state index contributed by atoms with van der Waals surface area (Å²) in [7, 11) is 0. The third kappa shape index (κ3) is 5.54. The van der Waals surface area contributed by atoms with E-state index in [0.29, 0.717) is 18.7 Å². The Morgan fingerprint density at radius 2 is 1.48 bits per heavy atom. The van der Waals surface area contributed by atoms with Crippen molar-refractivity contribution in [1.29, 1.82) is 0 Å². The number of anilines is 2. The van der Waals surface area contributed by atoms with E-state index in [0.717, 1.165) is 24.5 Å². The van der Waals surface area contributed by atoms with Crippen LogP contribution in [-0.2, 0) is 4.79 Å². The number of amides is 2. The van der Waals surface area contributed by atoms with Crippen molar-refractivity contribution in [2.45, 2.75) is 20.8 Å². The number of nitrogens with one attached hydrogen (secondary N) is 1. The van der Waals surface area contributed by atoms with Gasteiger partial charge in [0.1, 0.15) is 5.82 Å². The van der Waals surface area contributed by atoms with Gasteiger partial charge in [0, 0.05) is 50.0 Å². The van der Waals surface area contributed by atoms with E-state index in [1.807, 2.05) is 24.3 Å². The Bertz CT molecular complexity index is 756. The molecule has 2 aromatic rings. The molecule has 0 spiro atoms. The van der Waals surface area contributed by atoms with Gasteiger partial charge in [0.25, 0.3) is 5.91 Å². The van der Waals surface area contributed by atoms with Gasteiger partial charge in [0.15, 0.2) is 0 Å². The smallest absolute Gasteiger partial charge is 0.251 e. The van der Waals surface area contributed by atoms with Crippen LogP contribution >= 0.6 is 0 Å². The highest BCUT2D eigenvalue weighted by atomic mass is 19.1. The Morgan fingerprint density at radius 1 is 0.926 bits per heavy atom. The van der Waals surface area contributed by atoms with Crippen LogP contribution in [0.2, 0.25) is 0 Å². The van der Waals surface area contributed by atoms with Gasteiger partial charge in [0.2, 0.25) is 5.91 Å². The van der Waals surface area contributed by atoms with Crippen molar-refractivity contribution in [2.75, 3.05) is 36.0 Å². The average Bonchev–Trinajstić information content (AvgIpc) is 2.67. The highest BCUT2D eigenvalue weighted by Crippen LogP contribution is 2.20. The molecule has 0 aliphatic rings. The predicted molar refractivity (Wildman–Crippen MR) is 107 cm³/mol. The minimum atomic E-state index is -0.387. The SMILES string of the molecule is CCN(CC)c1ccc(N(CCNC(=O)c2ccc(F)cc2)C(C)=O)cc1. The fraction of sp³-hybridized carbons (Fsp3) is 0.333. The predicted octanol–water partition coefficient (Wildman–Crippen LogP) is 3.45. The first-order chi connectivity index (χ1) is 13.0. The van der Waals surface area contributed by atoms with Crippen LogP contribution in [0.15, 0.2) is 48.5 Å². The number of halogens is 1. The van der Waals surface area contributed by atoms with Gasteiger partial charge in [-0.3, -0.25) is 9.59 Å². The van der Waals surface area contributed by atoms with E-state index in [1.165, 1.54) is 31.2 Å². The molecule has 2 aromatic carbocycles. The van der Waals surface area contributed by atoms with Gasteiger partial charge in [-0.25, -0.2) is 4.39 Å². The zero-order valence-corrected chi connectivity index (χ0v) is 16.0. The minimum absolute atomic E-state index is 0.0957. The highest BCUT2D eigenvalue weighted by molar-refractivity contribution is 5.94. The minimum Gasteiger partial charge on any atom is -0.372 e. The van der Waals surface area contributed by atoms with Gasteiger partial charge in [-0.15, -0.1) is 0 Å². The summed E-state index contributed by atoms with van der Waals surface area (Å²) in [6, 6.07) is 13.2. The second-order valence-corrected chi connectivity index (χ2v) is 6.12. The van der Waals surface area contributed by atoms with Crippen molar-refractivity contribution in [1.82, 2.24) is 5.32 Å². The third-order valence-electron chi connectivity index (χ3n) is 4.40. The number of carbonyl (C=O) groups is 2. The molecule has 0 unspecified atom stereocenters. The standard InChI is InChI=1S/C21H26FN3O2/c1-4-24(5-2)19-10-12-20(13-11-19)25(16(3)26)15-14-23-21(27)17-6-8-18(22)9-7-17/h6-13H,4-5,14-15H2,1-3H3,(H,23,27). The van der Waals surface area contributed by atoms with Crippen LogP contribution in [0, 0.1) is 5.82 Å². The molecule has 0 saturated carbocycles. The molecule has 0 saturated heterocycles. The van der Waals surface area contributed by atoms with E-state index in [4.69, 9.17) is 0 Å². The van der Waals surface area contributed by atoms with Crippen LogP contribution in [0.25, 0.3) is 0 Å². The van der Waals surface area contributed by atoms with E-state index in [9.17, 15) is 14.0 Å². The maximum Gasteiger partial charge on any atom is 0.251 e. The molecule has 0 radical (unpaired) electrons. The maximum atomic E-state index is 12.9. The molecule has 0 aliphatic heterocycles. The summed E-state index contributed by atoms with van der Waals surface area (Å²) in [5.74, 6) is -0.778. The molecule has 144 valence electrons. The second-order valence-electron chi connectivity index (χ2n) is 6.12. The van der Waals surface area contributed by atoms with Crippen molar-refractivity contribution in [2.24, 2.45) is 0 Å². The molecular weight excluding hydrogens is 345 g/mol. The molecular formula is C21H26FN3O2. The fourth-order valence-corrected chi connectivity index (χ4v) is 2.89. The normalized spacial score (nSPS) is 10.4. The molecule has 6 heteroatoms. The summed E-state index contributed by atoms with van der Waals surface area (Å²) in [6.45, 7) is 8.19. The Balaban J connectivity index is 1.98. The third-order valence-corrected chi connectivity index (χ3v) is 4.40. The lowest BCUT2D eigenvalue weighted by molar-refractivity contribution is -0.116. The van der Waals surface area contributed by atoms with Crippen LogP contribution in [-0.4, -0.2) is 38.0 Å². The van der Waals surface area contributed by atoms with E-state index in [2.05, 4.69) is 24.1 Å². The van der Waals surface area contributed by atoms with Crippen molar-refractivity contribution in [3.05, 3.63) is 59.9 Å². The van der Waals surface area contributed by atoms with Gasteiger partial charge >= 0.3 is 0 Å². The zero-order valence-electron chi connectivity index (χ0n) is 16.0. The van der Waals surface area contributed by atoms with Gasteiger partial charge < -0.3 is 15.1 Å². The lowest BCUT2D eigenvalue weighted by atomic mass is 10.2. The summed E-state index contributed by atoms with van der Waals surface area (Å²) in [5, 5.41) is 2.76. The first-order valence-corrected chi connectivity index (χ1v) is 9.13. The van der Waals surface area contributed by atoms with Crippen molar-refractivity contribution < 1.29 is 14.0 Å². The lowest BCUT2D eigenvalue weighted by Gasteiger charge is -2.24. The van der Waals surface area contributed by atoms with Gasteiger partial charge in [-0.1, -0.05) is 0 Å². The van der Waals surface area contributed by atoms with E-state index < -0.39 is 0 Å². The molecule has 27 heavy (non-hydrogen) atoms. The molecule has 0 aromatic heterocycles. The summed E-state index contributed by atoms with van der Waals surface area (Å²) >= 11 is 0. The van der Waals surface area contributed by atoms with Crippen LogP contribution < -0.4 is 15.1 Å². The quantitative estimate of drug-likeness (QED) is 0.773. The Labute approximate surface area is 159 Å². The molecule has 5 nitrogen and oxygen atoms in total. The Morgan fingerprint density at radius 3 is 2.00 bits per heavy atom. The molecule has 0 atom stereocenters. The van der Waals surface area contributed by atoms with E-state index >= 15 is 0 Å². The summed E-state index contributed by atoms with van der Waals surface area (Å²) in [4.78, 5) is 28.0. The molecule has 1 N–H and O–H groups in total. The van der Waals surface area contributed by atoms with Gasteiger partial charge in [0.05, 0.1) is 0 Å². The van der Waals surface area contributed by atoms with E-state index in [-0.39, 0.29) is 17.6 Å². The number of carbonyl (C=O) groups excluding carboxylic acids is 2. The molecule has 2 rings (SSSR count). The number of rotatable bonds is 8. The number of hydrogen-bond donors (Lipinski definition) is 1. The fourth-order valence-electron chi connectivity index (χ4n) is 2.89. The van der Waals surface area contributed by atoms with Crippen LogP contribution in [0.4, 0.5) is 15.8 Å². The van der Waals surface area contributed by atoms with Gasteiger partial charge in [-0.05, 0) is 62.4 Å². The number of hydrogen-bond acceptors (Lipinski definition) is 3. The first-order valence-electron chi connectivity index (χ1n) is 9.13. The second kappa shape index (κ2) is 9.71. The maximum absolute atomic E-state index is 12.9. The number of benzene rings is 2. The average molecular weight is 371 g/mol. The van der Waals surface area contributed by atoms with Gasteiger partial charge in [-0.2, -0.15) is 0 Å². The van der Waals surface area contributed by atoms with E-state index in [1.54, 1.807) is 4.90 Å². The summed E-state index contributed by atoms with van der Waals surface area (Å²) in [6.07, 6.45) is 0. The molecule has 2 amide bonds. The molecule has 0 fully saturated rings. The summed E-state index contributed by atoms with van der Waals surface area (Å²) in [5.41, 5.74) is 2.28. The highest BCUT2D eigenvalue weighted by Gasteiger charge is 2.13. The van der Waals surface area contributed by atoms with Crippen LogP contribution in [0.1, 0.15) is 31.1 Å². The summed E-state index contributed by atoms with van der Waals surface area (Å²) < 4.78 is 12.9. The zero-order chi connectivity index (χ0) is 19.8. The van der Waals surface area contributed by atoms with Crippen molar-refractivity contribution in [3.8, 4) is 0 Å². The van der Waals surface area contributed by atoms with Crippen molar-refractivity contribution in [3.63, 3.8) is 0 Å². The lowest BCUT2D eigenvalue weighted by Crippen LogP contribution is -2.37. The van der Waals surface area contributed by atoms with Crippen molar-refractivity contribution >= 4 is 23.2 Å². The molecule has 0 bridgehead atoms. The van der Waals surface area contributed by atoms with Crippen LogP contribution in [0.5, 0.6) is 0 Å². The largest absolute Gasteiger partial charge is 0.372 e. The Hall–Kier alpha value is -2.89. The monoisotopic (exact) mass is 371 g/mol. The molecule has 0 heterocycles.